The number of nitrogens with one attached hydrogen (secondary N) is 1. The van der Waals surface area contributed by atoms with Crippen molar-refractivity contribution in [3.63, 3.8) is 0 Å². The summed E-state index contributed by atoms with van der Waals surface area (Å²) in [5.41, 5.74) is -0.127. The minimum atomic E-state index is -1.46. The van der Waals surface area contributed by atoms with Gasteiger partial charge in [-0.3, -0.25) is 29.0 Å². The van der Waals surface area contributed by atoms with Crippen LogP contribution in [0.1, 0.15) is 46.4 Å². The van der Waals surface area contributed by atoms with Crippen molar-refractivity contribution in [2.45, 2.75) is 42.5 Å². The minimum Gasteiger partial charge on any atom is -0.480 e. The number of nitrogens with zero attached hydrogens (tertiary/aromatic N) is 2. The van der Waals surface area contributed by atoms with Gasteiger partial charge >= 0.3 is 11.9 Å². The number of carboxylic acids is 2. The number of carboxylic acid groups (broad SMARTS) is 2. The first kappa shape index (κ1) is 24.4. The number of benzene rings is 1. The van der Waals surface area contributed by atoms with Gasteiger partial charge < -0.3 is 20.6 Å². The number of aliphatic hydroxyl groups is 1. The molecular weight excluding hydrogens is 482 g/mol. The Morgan fingerprint density at radius 2 is 1.71 bits per heavy atom. The van der Waals surface area contributed by atoms with E-state index in [0.29, 0.717) is 4.90 Å². The van der Waals surface area contributed by atoms with E-state index in [2.05, 4.69) is 5.32 Å². The number of amides is 4. The molecule has 1 aromatic carbocycles. The fourth-order valence-corrected chi connectivity index (χ4v) is 5.78. The lowest BCUT2D eigenvalue weighted by molar-refractivity contribution is -0.146. The van der Waals surface area contributed by atoms with Crippen LogP contribution in [-0.4, -0.2) is 84.1 Å². The topological polar surface area (TPSA) is 182 Å². The van der Waals surface area contributed by atoms with Crippen molar-refractivity contribution in [1.82, 2.24) is 15.1 Å². The van der Waals surface area contributed by atoms with Gasteiger partial charge in [0.15, 0.2) is 0 Å². The molecule has 0 aromatic heterocycles. The van der Waals surface area contributed by atoms with Crippen LogP contribution in [0.5, 0.6) is 0 Å². The van der Waals surface area contributed by atoms with Gasteiger partial charge in [-0.15, -0.1) is 11.8 Å². The monoisotopic (exact) mass is 503 g/mol. The van der Waals surface area contributed by atoms with E-state index >= 15 is 0 Å². The van der Waals surface area contributed by atoms with E-state index in [1.165, 1.54) is 12.1 Å². The highest BCUT2D eigenvalue weighted by atomic mass is 32.2. The molecule has 35 heavy (non-hydrogen) atoms. The second kappa shape index (κ2) is 9.50. The lowest BCUT2D eigenvalue weighted by atomic mass is 10.1. The van der Waals surface area contributed by atoms with Crippen LogP contribution < -0.4 is 5.32 Å². The fraction of sp³-hybridized carbons (Fsp3) is 0.364. The first-order valence-corrected chi connectivity index (χ1v) is 11.6. The van der Waals surface area contributed by atoms with E-state index in [1.807, 2.05) is 0 Å². The summed E-state index contributed by atoms with van der Waals surface area (Å²) in [5, 5.41) is 30.1. The second-order valence-electron chi connectivity index (χ2n) is 8.12. The zero-order valence-corrected chi connectivity index (χ0v) is 19.0. The van der Waals surface area contributed by atoms with Gasteiger partial charge in [0.1, 0.15) is 17.1 Å². The number of aliphatic hydroxyl groups excluding tert-OH is 1. The Labute approximate surface area is 202 Å². The second-order valence-corrected chi connectivity index (χ2v) is 9.40. The van der Waals surface area contributed by atoms with Crippen LogP contribution in [0.25, 0.3) is 0 Å². The molecule has 4 amide bonds. The predicted molar refractivity (Wildman–Crippen MR) is 119 cm³/mol. The maximum Gasteiger partial charge on any atom is 0.352 e. The number of carbonyl (C=O) groups is 6. The van der Waals surface area contributed by atoms with Gasteiger partial charge in [0.05, 0.1) is 29.5 Å². The number of aliphatic carboxylic acids is 2. The largest absolute Gasteiger partial charge is 0.480 e. The molecule has 0 aliphatic carbocycles. The Balaban J connectivity index is 1.40. The Hall–Kier alpha value is -3.71. The Kier molecular flexibility index (Phi) is 6.63. The lowest BCUT2D eigenvalue weighted by Crippen LogP contribution is -2.57. The zero-order chi connectivity index (χ0) is 25.4. The summed E-state index contributed by atoms with van der Waals surface area (Å²) in [7, 11) is 0. The molecule has 0 saturated carbocycles. The Morgan fingerprint density at radius 3 is 2.23 bits per heavy atom. The number of carbonyl (C=O) groups excluding carboxylic acids is 4. The standard InChI is InChI=1S/C22H21N3O9S/c26-9-12-17(22(33)34)25-15(28)8-16(25)35-18(12)23-14(27)7-3-6-13(21(31)32)24-19(29)10-4-1-2-5-11(10)20(24)30/h1-2,4-5,13,16,18,26H,3,6-9H2,(H,23,27)(H,31,32)(H,33,34)/t13-,16-,18?/m1/s1. The first-order chi connectivity index (χ1) is 16.6. The molecule has 1 aromatic rings. The van der Waals surface area contributed by atoms with Crippen LogP contribution in [0.4, 0.5) is 0 Å². The van der Waals surface area contributed by atoms with Crippen LogP contribution in [0, 0.1) is 0 Å². The molecule has 3 atom stereocenters. The summed E-state index contributed by atoms with van der Waals surface area (Å²) in [6.07, 6.45) is -0.211. The summed E-state index contributed by atoms with van der Waals surface area (Å²) >= 11 is 1.13. The number of rotatable bonds is 9. The molecule has 0 radical (unpaired) electrons. The van der Waals surface area contributed by atoms with Gasteiger partial charge in [0.2, 0.25) is 11.8 Å². The molecule has 1 fully saturated rings. The van der Waals surface area contributed by atoms with Crippen LogP contribution in [-0.2, 0) is 19.2 Å². The van der Waals surface area contributed by atoms with Gasteiger partial charge in [0.25, 0.3) is 11.8 Å². The van der Waals surface area contributed by atoms with E-state index in [4.69, 9.17) is 0 Å². The van der Waals surface area contributed by atoms with Crippen molar-refractivity contribution in [3.8, 4) is 0 Å². The van der Waals surface area contributed by atoms with Crippen LogP contribution >= 0.6 is 11.8 Å². The van der Waals surface area contributed by atoms with Crippen molar-refractivity contribution in [1.29, 1.82) is 0 Å². The highest BCUT2D eigenvalue weighted by Crippen LogP contribution is 2.43. The van der Waals surface area contributed by atoms with Crippen LogP contribution in [0.3, 0.4) is 0 Å². The van der Waals surface area contributed by atoms with E-state index < -0.39 is 53.1 Å². The number of hydrogen-bond acceptors (Lipinski definition) is 8. The molecular formula is C22H21N3O9S. The summed E-state index contributed by atoms with van der Waals surface area (Å²) < 4.78 is 0. The quantitative estimate of drug-likeness (QED) is 0.264. The van der Waals surface area contributed by atoms with Gasteiger partial charge in [-0.2, -0.15) is 0 Å². The van der Waals surface area contributed by atoms with Crippen LogP contribution in [0.15, 0.2) is 35.5 Å². The zero-order valence-electron chi connectivity index (χ0n) is 18.2. The normalized spacial score (nSPS) is 21.9. The number of imide groups is 1. The molecule has 3 aliphatic rings. The van der Waals surface area contributed by atoms with Crippen molar-refractivity contribution in [2.24, 2.45) is 0 Å². The number of fused-ring (bicyclic) bond motifs is 2. The average molecular weight is 503 g/mol. The summed E-state index contributed by atoms with van der Waals surface area (Å²) in [6, 6.07) is 4.57. The summed E-state index contributed by atoms with van der Waals surface area (Å²) in [4.78, 5) is 74.8. The third-order valence-electron chi connectivity index (χ3n) is 6.03. The summed E-state index contributed by atoms with van der Waals surface area (Å²) in [6.45, 7) is -0.684. The summed E-state index contributed by atoms with van der Waals surface area (Å²) in [5.74, 6) is -5.11. The van der Waals surface area contributed by atoms with E-state index in [1.54, 1.807) is 12.1 Å². The van der Waals surface area contributed by atoms with E-state index in [-0.39, 0.29) is 54.0 Å². The molecule has 0 spiro atoms. The molecule has 3 heterocycles. The van der Waals surface area contributed by atoms with Gasteiger partial charge in [-0.25, -0.2) is 9.59 Å². The SMILES string of the molecule is O=C(CCC[C@H](C(=O)O)N1C(=O)c2ccccc2C1=O)NC1S[C@@H]2CC(=O)N2C(C(=O)O)=C1CO. The smallest absolute Gasteiger partial charge is 0.352 e. The number of hydrogen-bond donors (Lipinski definition) is 4. The Morgan fingerprint density at radius 1 is 1.09 bits per heavy atom. The molecule has 4 rings (SSSR count). The van der Waals surface area contributed by atoms with Crippen molar-refractivity contribution in [3.05, 3.63) is 46.7 Å². The van der Waals surface area contributed by atoms with Gasteiger partial charge in [-0.05, 0) is 25.0 Å². The molecule has 4 N–H and O–H groups in total. The molecule has 13 heteroatoms. The maximum atomic E-state index is 12.6. The third kappa shape index (κ3) is 4.28. The highest BCUT2D eigenvalue weighted by molar-refractivity contribution is 8.00. The van der Waals surface area contributed by atoms with Gasteiger partial charge in [0, 0.05) is 12.0 Å². The molecule has 12 nitrogen and oxygen atoms in total. The predicted octanol–water partition coefficient (Wildman–Crippen LogP) is -0.0154. The van der Waals surface area contributed by atoms with E-state index in [0.717, 1.165) is 16.7 Å². The van der Waals surface area contributed by atoms with Gasteiger partial charge in [-0.1, -0.05) is 12.1 Å². The third-order valence-corrected chi connectivity index (χ3v) is 7.40. The number of β-lactam (4-membered cyclic amide) rings is 1. The van der Waals surface area contributed by atoms with E-state index in [9.17, 15) is 44.1 Å². The number of thioether (sulfide) groups is 1. The molecule has 1 saturated heterocycles. The fourth-order valence-electron chi connectivity index (χ4n) is 4.33. The molecule has 3 aliphatic heterocycles. The molecule has 1 unspecified atom stereocenters. The maximum absolute atomic E-state index is 12.6. The molecule has 0 bridgehead atoms. The van der Waals surface area contributed by atoms with Crippen molar-refractivity contribution >= 4 is 47.3 Å². The first-order valence-electron chi connectivity index (χ1n) is 10.7. The van der Waals surface area contributed by atoms with Crippen LogP contribution in [0.2, 0.25) is 0 Å². The average Bonchev–Trinajstić information content (AvgIpc) is 3.05. The van der Waals surface area contributed by atoms with Crippen molar-refractivity contribution in [2.75, 3.05) is 6.61 Å². The lowest BCUT2D eigenvalue weighted by Gasteiger charge is -2.46. The minimum absolute atomic E-state index is 0.0189. The van der Waals surface area contributed by atoms with Crippen molar-refractivity contribution < 1.29 is 44.1 Å². The highest BCUT2D eigenvalue weighted by Gasteiger charge is 2.48. The Bertz CT molecular complexity index is 1150. The molecule has 184 valence electrons.